The molecule has 0 aliphatic rings. The minimum atomic E-state index is -1.06. The second kappa shape index (κ2) is 5.43. The molecule has 3 heteroatoms. The topological polar surface area (TPSA) is 29.1 Å². The molecule has 19 heavy (non-hydrogen) atoms. The average molecular weight is 275 g/mol. The van der Waals surface area contributed by atoms with E-state index in [0.29, 0.717) is 0 Å². The molecule has 0 spiro atoms. The minimum Gasteiger partial charge on any atom is -0.242 e. The smallest absolute Gasteiger partial charge is 0.0975 e. The Hall–Kier alpha value is -1.19. The lowest BCUT2D eigenvalue weighted by atomic mass is 10.0. The number of hydrogen-bond donors (Lipinski definition) is 1. The zero-order valence-corrected chi connectivity index (χ0v) is 12.8. The maximum absolute atomic E-state index is 12.2. The third kappa shape index (κ3) is 3.23. The van der Waals surface area contributed by atoms with E-state index >= 15 is 0 Å². The van der Waals surface area contributed by atoms with Crippen molar-refractivity contribution in [1.82, 2.24) is 4.72 Å². The highest BCUT2D eigenvalue weighted by atomic mass is 32.2. The molecule has 102 valence electrons. The summed E-state index contributed by atoms with van der Waals surface area (Å²) in [6, 6.07) is 14.6. The second-order valence-electron chi connectivity index (χ2n) is 5.79. The van der Waals surface area contributed by atoms with Gasteiger partial charge in [-0.2, -0.15) is 0 Å². The van der Waals surface area contributed by atoms with Gasteiger partial charge in [0.25, 0.3) is 0 Å². The largest absolute Gasteiger partial charge is 0.242 e. The van der Waals surface area contributed by atoms with Crippen LogP contribution in [0.5, 0.6) is 0 Å². The Morgan fingerprint density at radius 1 is 1.05 bits per heavy atom. The zero-order valence-electron chi connectivity index (χ0n) is 11.9. The van der Waals surface area contributed by atoms with Crippen molar-refractivity contribution in [3.63, 3.8) is 0 Å². The van der Waals surface area contributed by atoms with Gasteiger partial charge in [0.05, 0.1) is 15.7 Å². The molecule has 2 aromatic rings. The van der Waals surface area contributed by atoms with E-state index in [1.807, 2.05) is 32.9 Å². The summed E-state index contributed by atoms with van der Waals surface area (Å²) in [5.41, 5.74) is 1.19. The van der Waals surface area contributed by atoms with Gasteiger partial charge in [-0.3, -0.25) is 0 Å². The van der Waals surface area contributed by atoms with Crippen LogP contribution in [0.1, 0.15) is 39.3 Å². The Balaban J connectivity index is 2.32. The molecule has 0 unspecified atom stereocenters. The van der Waals surface area contributed by atoms with Crippen molar-refractivity contribution >= 4 is 21.8 Å². The van der Waals surface area contributed by atoms with Crippen LogP contribution in [0.2, 0.25) is 0 Å². The lowest BCUT2D eigenvalue weighted by molar-refractivity contribution is 0.617. The van der Waals surface area contributed by atoms with Crippen molar-refractivity contribution in [3.05, 3.63) is 48.0 Å². The molecule has 0 saturated heterocycles. The van der Waals surface area contributed by atoms with Crippen molar-refractivity contribution in [3.8, 4) is 0 Å². The molecule has 0 saturated carbocycles. The molecule has 0 bridgehead atoms. The predicted molar refractivity (Wildman–Crippen MR) is 83.4 cm³/mol. The highest BCUT2D eigenvalue weighted by molar-refractivity contribution is 7.84. The van der Waals surface area contributed by atoms with E-state index in [0.717, 1.165) is 0 Å². The first-order valence-electron chi connectivity index (χ1n) is 6.55. The van der Waals surface area contributed by atoms with Crippen LogP contribution in [0, 0.1) is 0 Å². The molecule has 1 N–H and O–H groups in total. The predicted octanol–water partition coefficient (Wildman–Crippen LogP) is 3.95. The number of nitrogens with one attached hydrogen (secondary N) is 1. The van der Waals surface area contributed by atoms with Crippen LogP contribution in [-0.2, 0) is 11.0 Å². The third-order valence-electron chi connectivity index (χ3n) is 3.13. The molecule has 0 fully saturated rings. The Labute approximate surface area is 117 Å². The molecule has 0 amide bonds. The molecule has 0 aromatic heterocycles. The maximum Gasteiger partial charge on any atom is 0.0975 e. The van der Waals surface area contributed by atoms with Gasteiger partial charge in [-0.1, -0.05) is 42.5 Å². The van der Waals surface area contributed by atoms with E-state index in [2.05, 4.69) is 42.0 Å². The van der Waals surface area contributed by atoms with Crippen LogP contribution in [0.25, 0.3) is 10.8 Å². The fourth-order valence-electron chi connectivity index (χ4n) is 2.03. The van der Waals surface area contributed by atoms with Crippen molar-refractivity contribution in [2.75, 3.05) is 0 Å². The van der Waals surface area contributed by atoms with Gasteiger partial charge in [-0.15, -0.1) is 0 Å². The number of rotatable bonds is 3. The first-order valence-corrected chi connectivity index (χ1v) is 7.70. The van der Waals surface area contributed by atoms with Crippen LogP contribution in [0.3, 0.4) is 0 Å². The lowest BCUT2D eigenvalue weighted by Crippen LogP contribution is -2.34. The Kier molecular flexibility index (Phi) is 4.07. The van der Waals surface area contributed by atoms with Crippen LogP contribution < -0.4 is 4.72 Å². The van der Waals surface area contributed by atoms with Gasteiger partial charge in [-0.05, 0) is 44.0 Å². The molecule has 2 atom stereocenters. The molecule has 2 nitrogen and oxygen atoms in total. The number of benzene rings is 2. The highest BCUT2D eigenvalue weighted by Crippen LogP contribution is 2.25. The molecular weight excluding hydrogens is 254 g/mol. The van der Waals surface area contributed by atoms with Crippen molar-refractivity contribution in [2.24, 2.45) is 0 Å². The fraction of sp³-hybridized carbons (Fsp3) is 0.375. The average Bonchev–Trinajstić information content (AvgIpc) is 2.36. The second-order valence-corrected chi connectivity index (χ2v) is 7.79. The van der Waals surface area contributed by atoms with E-state index in [4.69, 9.17) is 0 Å². The summed E-state index contributed by atoms with van der Waals surface area (Å²) in [6.45, 7) is 8.00. The van der Waals surface area contributed by atoms with Gasteiger partial charge < -0.3 is 0 Å². The third-order valence-corrected chi connectivity index (χ3v) is 4.81. The molecule has 0 heterocycles. The number of hydrogen-bond acceptors (Lipinski definition) is 1. The monoisotopic (exact) mass is 275 g/mol. The van der Waals surface area contributed by atoms with Crippen LogP contribution in [0.15, 0.2) is 42.5 Å². The lowest BCUT2D eigenvalue weighted by Gasteiger charge is -2.23. The van der Waals surface area contributed by atoms with Gasteiger partial charge in [-0.25, -0.2) is 8.93 Å². The Morgan fingerprint density at radius 2 is 1.68 bits per heavy atom. The van der Waals surface area contributed by atoms with E-state index in [1.54, 1.807) is 0 Å². The number of fused-ring (bicyclic) bond motifs is 1. The summed E-state index contributed by atoms with van der Waals surface area (Å²) < 4.78 is 15.1. The van der Waals surface area contributed by atoms with E-state index in [1.165, 1.54) is 16.3 Å². The molecule has 0 radical (unpaired) electrons. The zero-order chi connectivity index (χ0) is 14.0. The Morgan fingerprint density at radius 3 is 2.37 bits per heavy atom. The van der Waals surface area contributed by atoms with Crippen LogP contribution >= 0.6 is 0 Å². The molecule has 2 aromatic carbocycles. The highest BCUT2D eigenvalue weighted by Gasteiger charge is 2.22. The molecule has 0 aliphatic carbocycles. The fourth-order valence-corrected chi connectivity index (χ4v) is 2.83. The normalized spacial score (nSPS) is 15.4. The summed E-state index contributed by atoms with van der Waals surface area (Å²) in [4.78, 5) is 0. The van der Waals surface area contributed by atoms with E-state index in [9.17, 15) is 4.21 Å². The standard InChI is InChI=1S/C16H21NOS/c1-12(17-19(18)16(2,3)4)14-11-7-9-13-8-5-6-10-15(13)14/h5-12,17H,1-4H3/t12-,19-/m0/s1. The van der Waals surface area contributed by atoms with E-state index in [-0.39, 0.29) is 10.8 Å². The van der Waals surface area contributed by atoms with Crippen molar-refractivity contribution in [2.45, 2.75) is 38.5 Å². The first-order chi connectivity index (χ1) is 8.89. The van der Waals surface area contributed by atoms with E-state index < -0.39 is 11.0 Å². The molecular formula is C16H21NOS. The van der Waals surface area contributed by atoms with Crippen LogP contribution in [-0.4, -0.2) is 8.96 Å². The van der Waals surface area contributed by atoms with Crippen molar-refractivity contribution < 1.29 is 4.21 Å². The molecule has 0 aliphatic heterocycles. The SMILES string of the molecule is C[C@H](N[S@@](=O)C(C)(C)C)c1cccc2ccccc12. The van der Waals surface area contributed by atoms with Gasteiger partial charge in [0.15, 0.2) is 0 Å². The van der Waals surface area contributed by atoms with Gasteiger partial charge >= 0.3 is 0 Å². The quantitative estimate of drug-likeness (QED) is 0.902. The summed E-state index contributed by atoms with van der Waals surface area (Å²) >= 11 is 0. The van der Waals surface area contributed by atoms with Crippen LogP contribution in [0.4, 0.5) is 0 Å². The summed E-state index contributed by atoms with van der Waals surface area (Å²) in [5.74, 6) is 0. The summed E-state index contributed by atoms with van der Waals surface area (Å²) in [6.07, 6.45) is 0. The first kappa shape index (κ1) is 14.2. The Bertz CT molecular complexity index is 596. The van der Waals surface area contributed by atoms with Crippen molar-refractivity contribution in [1.29, 1.82) is 0 Å². The molecule has 2 rings (SSSR count). The minimum absolute atomic E-state index is 0.0613. The van der Waals surface area contributed by atoms with Gasteiger partial charge in [0.1, 0.15) is 0 Å². The van der Waals surface area contributed by atoms with Gasteiger partial charge in [0.2, 0.25) is 0 Å². The summed E-state index contributed by atoms with van der Waals surface area (Å²) in [7, 11) is -1.06. The van der Waals surface area contributed by atoms with Gasteiger partial charge in [0, 0.05) is 6.04 Å². The summed E-state index contributed by atoms with van der Waals surface area (Å²) in [5, 5.41) is 2.44. The maximum atomic E-state index is 12.2.